The molecule has 2 heterocycles. The van der Waals surface area contributed by atoms with Crippen molar-refractivity contribution in [2.24, 2.45) is 7.05 Å². The Morgan fingerprint density at radius 2 is 1.74 bits per heavy atom. The van der Waals surface area contributed by atoms with Crippen LogP contribution in [0.2, 0.25) is 0 Å². The van der Waals surface area contributed by atoms with Crippen LogP contribution in [-0.2, 0) is 7.05 Å². The maximum absolute atomic E-state index is 12.9. The van der Waals surface area contributed by atoms with Crippen molar-refractivity contribution in [2.75, 3.05) is 18.4 Å². The van der Waals surface area contributed by atoms with E-state index >= 15 is 0 Å². The Morgan fingerprint density at radius 1 is 1.06 bits per heavy atom. The molecule has 1 N–H and O–H groups in total. The molecule has 8 heteroatoms. The number of carbonyl (C=O) groups excluding carboxylic acids is 2. The topological polar surface area (TPSA) is 102 Å². The highest BCUT2D eigenvalue weighted by molar-refractivity contribution is 6.03. The lowest BCUT2D eigenvalue weighted by Crippen LogP contribution is -2.34. The van der Waals surface area contributed by atoms with Gasteiger partial charge in [-0.15, -0.1) is 0 Å². The van der Waals surface area contributed by atoms with Gasteiger partial charge in [-0.3, -0.25) is 19.2 Å². The molecule has 0 unspecified atom stereocenters. The molecular formula is C23H25N3O5. The molecule has 0 aliphatic heterocycles. The second kappa shape index (κ2) is 9.42. The minimum atomic E-state index is -0.747. The summed E-state index contributed by atoms with van der Waals surface area (Å²) < 4.78 is 6.78. The molecule has 0 atom stereocenters. The minimum absolute atomic E-state index is 0.0675. The van der Waals surface area contributed by atoms with Gasteiger partial charge in [0, 0.05) is 32.4 Å². The first kappa shape index (κ1) is 22.0. The van der Waals surface area contributed by atoms with E-state index in [1.165, 1.54) is 23.9 Å². The lowest BCUT2D eigenvalue weighted by molar-refractivity contribution is 0.0754. The summed E-state index contributed by atoms with van der Waals surface area (Å²) in [6, 6.07) is 9.02. The fraction of sp³-hybridized carbons (Fsp3) is 0.304. The molecule has 3 rings (SSSR count). The maximum Gasteiger partial charge on any atom is 0.291 e. The molecule has 31 heavy (non-hydrogen) atoms. The van der Waals surface area contributed by atoms with Crippen LogP contribution in [0.5, 0.6) is 0 Å². The number of nitrogens with zero attached hydrogens (tertiary/aromatic N) is 2. The lowest BCUT2D eigenvalue weighted by Gasteiger charge is -2.22. The van der Waals surface area contributed by atoms with E-state index in [4.69, 9.17) is 4.42 Å². The number of aryl methyl sites for hydroxylation is 1. The summed E-state index contributed by atoms with van der Waals surface area (Å²) >= 11 is 0. The number of benzene rings is 1. The second-order valence-electron chi connectivity index (χ2n) is 7.28. The summed E-state index contributed by atoms with van der Waals surface area (Å²) in [6.45, 7) is 5.16. The lowest BCUT2D eigenvalue weighted by atomic mass is 10.2. The fourth-order valence-electron chi connectivity index (χ4n) is 3.36. The normalized spacial score (nSPS) is 10.8. The highest BCUT2D eigenvalue weighted by Gasteiger charge is 2.19. The first-order chi connectivity index (χ1) is 14.8. The molecule has 1 aromatic carbocycles. The van der Waals surface area contributed by atoms with Crippen molar-refractivity contribution in [3.63, 3.8) is 0 Å². The summed E-state index contributed by atoms with van der Waals surface area (Å²) in [5.74, 6) is -1.18. The van der Waals surface area contributed by atoms with Gasteiger partial charge in [-0.2, -0.15) is 0 Å². The summed E-state index contributed by atoms with van der Waals surface area (Å²) in [7, 11) is 1.51. The van der Waals surface area contributed by atoms with Crippen LogP contribution in [0.4, 0.5) is 5.69 Å². The van der Waals surface area contributed by atoms with E-state index in [0.29, 0.717) is 24.0 Å². The maximum atomic E-state index is 12.9. The van der Waals surface area contributed by atoms with E-state index < -0.39 is 11.5 Å². The van der Waals surface area contributed by atoms with E-state index in [1.807, 2.05) is 13.8 Å². The number of carbonyl (C=O) groups is 2. The molecular weight excluding hydrogens is 398 g/mol. The Labute approximate surface area is 179 Å². The van der Waals surface area contributed by atoms with E-state index in [1.54, 1.807) is 29.2 Å². The molecule has 0 radical (unpaired) electrons. The number of amides is 2. The minimum Gasteiger partial charge on any atom is -0.451 e. The van der Waals surface area contributed by atoms with Gasteiger partial charge in [0.05, 0.1) is 10.9 Å². The van der Waals surface area contributed by atoms with Crippen LogP contribution in [0.3, 0.4) is 0 Å². The Bertz CT molecular complexity index is 1240. The van der Waals surface area contributed by atoms with Gasteiger partial charge < -0.3 is 19.2 Å². The molecule has 0 aliphatic carbocycles. The van der Waals surface area contributed by atoms with Crippen LogP contribution >= 0.6 is 0 Å². The third-order valence-electron chi connectivity index (χ3n) is 4.81. The molecule has 162 valence electrons. The van der Waals surface area contributed by atoms with Gasteiger partial charge in [-0.25, -0.2) is 0 Å². The largest absolute Gasteiger partial charge is 0.451 e. The molecule has 0 spiro atoms. The molecule has 2 amide bonds. The molecule has 3 aromatic rings. The zero-order chi connectivity index (χ0) is 22.5. The number of anilines is 1. The second-order valence-corrected chi connectivity index (χ2v) is 7.28. The van der Waals surface area contributed by atoms with E-state index in [9.17, 15) is 19.2 Å². The Kier molecular flexibility index (Phi) is 6.69. The van der Waals surface area contributed by atoms with Gasteiger partial charge in [-0.05, 0) is 31.0 Å². The zero-order valence-corrected chi connectivity index (χ0v) is 17.8. The molecule has 0 aliphatic rings. The molecule has 0 bridgehead atoms. The monoisotopic (exact) mass is 423 g/mol. The Morgan fingerprint density at radius 3 is 2.42 bits per heavy atom. The Balaban J connectivity index is 1.94. The van der Waals surface area contributed by atoms with E-state index in [2.05, 4.69) is 5.32 Å². The number of nitrogens with one attached hydrogen (secondary N) is 1. The standard InChI is InChI=1S/C23H25N3O5/c1-4-10-26(11-5-2)22(29)15-12-17(23(30)25(3)14-15)24-21(28)20-13-18(27)16-8-6-7-9-19(16)31-20/h6-9,12-14H,4-5,10-11H2,1-3H3,(H,24,28). The highest BCUT2D eigenvalue weighted by Crippen LogP contribution is 2.14. The summed E-state index contributed by atoms with van der Waals surface area (Å²) in [5, 5.41) is 2.84. The number of rotatable bonds is 7. The Hall–Kier alpha value is -3.68. The number of hydrogen-bond donors (Lipinski definition) is 1. The van der Waals surface area contributed by atoms with Crippen LogP contribution in [0.25, 0.3) is 11.0 Å². The number of hydrogen-bond acceptors (Lipinski definition) is 5. The van der Waals surface area contributed by atoms with Gasteiger partial charge in [-0.1, -0.05) is 26.0 Å². The summed E-state index contributed by atoms with van der Waals surface area (Å²) in [6.07, 6.45) is 3.07. The average molecular weight is 423 g/mol. The average Bonchev–Trinajstić information content (AvgIpc) is 2.76. The van der Waals surface area contributed by atoms with Crippen molar-refractivity contribution in [1.82, 2.24) is 9.47 Å². The summed E-state index contributed by atoms with van der Waals surface area (Å²) in [5.41, 5.74) is -0.350. The van der Waals surface area contributed by atoms with E-state index in [0.717, 1.165) is 18.9 Å². The van der Waals surface area contributed by atoms with Gasteiger partial charge in [0.15, 0.2) is 11.2 Å². The van der Waals surface area contributed by atoms with Crippen LogP contribution in [-0.4, -0.2) is 34.4 Å². The van der Waals surface area contributed by atoms with Crippen LogP contribution in [0, 0.1) is 0 Å². The van der Waals surface area contributed by atoms with Gasteiger partial charge in [0.1, 0.15) is 11.3 Å². The number of fused-ring (bicyclic) bond motifs is 1. The predicted molar refractivity (Wildman–Crippen MR) is 119 cm³/mol. The smallest absolute Gasteiger partial charge is 0.291 e. The molecule has 0 fully saturated rings. The number of para-hydroxylation sites is 1. The van der Waals surface area contributed by atoms with Crippen molar-refractivity contribution in [3.8, 4) is 0 Å². The fourth-order valence-corrected chi connectivity index (χ4v) is 3.36. The molecule has 0 saturated carbocycles. The van der Waals surface area contributed by atoms with Gasteiger partial charge in [0.25, 0.3) is 17.4 Å². The van der Waals surface area contributed by atoms with Crippen molar-refractivity contribution in [1.29, 1.82) is 0 Å². The molecule has 2 aromatic heterocycles. The predicted octanol–water partition coefficient (Wildman–Crippen LogP) is 3.01. The number of pyridine rings is 1. The third-order valence-corrected chi connectivity index (χ3v) is 4.81. The quantitative estimate of drug-likeness (QED) is 0.629. The first-order valence-corrected chi connectivity index (χ1v) is 10.2. The van der Waals surface area contributed by atoms with Crippen molar-refractivity contribution < 1.29 is 14.0 Å². The van der Waals surface area contributed by atoms with Crippen molar-refractivity contribution >= 4 is 28.5 Å². The zero-order valence-electron chi connectivity index (χ0n) is 17.8. The highest BCUT2D eigenvalue weighted by atomic mass is 16.3. The van der Waals surface area contributed by atoms with Crippen molar-refractivity contribution in [3.05, 3.63) is 74.5 Å². The van der Waals surface area contributed by atoms with Crippen molar-refractivity contribution in [2.45, 2.75) is 26.7 Å². The van der Waals surface area contributed by atoms with Gasteiger partial charge >= 0.3 is 0 Å². The van der Waals surface area contributed by atoms with E-state index in [-0.39, 0.29) is 28.4 Å². The first-order valence-electron chi connectivity index (χ1n) is 10.2. The summed E-state index contributed by atoms with van der Waals surface area (Å²) in [4.78, 5) is 52.2. The van der Waals surface area contributed by atoms with Gasteiger partial charge in [0.2, 0.25) is 0 Å². The van der Waals surface area contributed by atoms with Crippen LogP contribution in [0.1, 0.15) is 47.6 Å². The molecule has 0 saturated heterocycles. The van der Waals surface area contributed by atoms with Crippen LogP contribution in [0.15, 0.2) is 56.6 Å². The van der Waals surface area contributed by atoms with Crippen LogP contribution < -0.4 is 16.3 Å². The third kappa shape index (κ3) is 4.74. The molecule has 8 nitrogen and oxygen atoms in total. The number of aromatic nitrogens is 1. The SMILES string of the molecule is CCCN(CCC)C(=O)c1cc(NC(=O)c2cc(=O)c3ccccc3o2)c(=O)n(C)c1.